The smallest absolute Gasteiger partial charge is 0.407 e. The molecule has 0 aromatic carbocycles. The second-order valence-electron chi connectivity index (χ2n) is 9.85. The molecule has 14 heteroatoms. The molecule has 1 saturated heterocycles. The molecule has 0 saturated carbocycles. The zero-order valence-corrected chi connectivity index (χ0v) is 21.8. The van der Waals surface area contributed by atoms with Gasteiger partial charge in [-0.15, -0.1) is 0 Å². The number of nitrogens with one attached hydrogen (secondary N) is 2. The van der Waals surface area contributed by atoms with E-state index in [0.717, 1.165) is 11.1 Å². The summed E-state index contributed by atoms with van der Waals surface area (Å²) in [6.45, 7) is 3.63. The number of H-pyrrole nitrogens is 1. The number of hydrogen-bond acceptors (Lipinski definition) is 10. The van der Waals surface area contributed by atoms with E-state index in [1.54, 1.807) is 17.3 Å². The highest BCUT2D eigenvalue weighted by molar-refractivity contribution is 6.00. The Morgan fingerprint density at radius 3 is 2.75 bits per heavy atom. The van der Waals surface area contributed by atoms with Crippen LogP contribution in [-0.2, 0) is 11.2 Å². The van der Waals surface area contributed by atoms with Crippen molar-refractivity contribution in [3.05, 3.63) is 65.4 Å². The highest BCUT2D eigenvalue weighted by Crippen LogP contribution is 2.31. The third-order valence-corrected chi connectivity index (χ3v) is 7.11. The molecule has 40 heavy (non-hydrogen) atoms. The van der Waals surface area contributed by atoms with E-state index in [4.69, 9.17) is 15.5 Å². The third kappa shape index (κ3) is 4.42. The fraction of sp³-hybridized carbons (Fsp3) is 0.308. The number of fused-ring (bicyclic) bond motifs is 1. The number of nitrogens with zero attached hydrogens (tertiary/aromatic N) is 7. The van der Waals surface area contributed by atoms with Crippen molar-refractivity contribution in [2.24, 2.45) is 0 Å². The number of ketones is 1. The first kappa shape index (κ1) is 25.2. The molecule has 4 aromatic heterocycles. The Hall–Kier alpha value is -5.14. The molecule has 6 rings (SSSR count). The predicted molar refractivity (Wildman–Crippen MR) is 141 cm³/mol. The number of cyclic esters (lactones) is 1. The normalized spacial score (nSPS) is 18.6. The van der Waals surface area contributed by atoms with E-state index < -0.39 is 6.09 Å². The van der Waals surface area contributed by atoms with E-state index >= 15 is 0 Å². The number of anilines is 1. The summed E-state index contributed by atoms with van der Waals surface area (Å²) in [7, 11) is 0. The Bertz CT molecular complexity index is 1660. The van der Waals surface area contributed by atoms with Crippen LogP contribution in [0.15, 0.2) is 42.6 Å². The van der Waals surface area contributed by atoms with Crippen molar-refractivity contribution in [2.45, 2.75) is 45.2 Å². The molecule has 2 amide bonds. The summed E-state index contributed by atoms with van der Waals surface area (Å²) in [6, 6.07) is 3.22. The lowest BCUT2D eigenvalue weighted by atomic mass is 10.0. The number of aryl methyl sites for hydroxylation is 1. The second-order valence-corrected chi connectivity index (χ2v) is 9.85. The number of aromatic amines is 1. The Labute approximate surface area is 227 Å². The third-order valence-electron chi connectivity index (χ3n) is 7.11. The molecule has 0 aliphatic carbocycles. The van der Waals surface area contributed by atoms with Crippen LogP contribution in [0, 0.1) is 0 Å². The molecule has 0 unspecified atom stereocenters. The monoisotopic (exact) mass is 542 g/mol. The summed E-state index contributed by atoms with van der Waals surface area (Å²) in [5, 5.41) is 13.5. The fourth-order valence-electron chi connectivity index (χ4n) is 5.21. The van der Waals surface area contributed by atoms with Crippen molar-refractivity contribution in [1.29, 1.82) is 0 Å². The molecule has 0 radical (unpaired) electrons. The maximum atomic E-state index is 13.0. The van der Waals surface area contributed by atoms with Crippen LogP contribution >= 0.6 is 0 Å². The van der Waals surface area contributed by atoms with Crippen LogP contribution in [0.2, 0.25) is 0 Å². The molecular formula is C26H26N10O4. The predicted octanol–water partition coefficient (Wildman–Crippen LogP) is 2.23. The molecule has 0 spiro atoms. The van der Waals surface area contributed by atoms with Crippen LogP contribution in [0.25, 0.3) is 16.8 Å². The largest absolute Gasteiger partial charge is 0.447 e. The highest BCUT2D eigenvalue weighted by Gasteiger charge is 2.31. The van der Waals surface area contributed by atoms with Crippen molar-refractivity contribution < 1.29 is 19.1 Å². The average molecular weight is 543 g/mol. The average Bonchev–Trinajstić information content (AvgIpc) is 3.74. The minimum atomic E-state index is -0.471. The van der Waals surface area contributed by atoms with E-state index in [2.05, 4.69) is 30.6 Å². The number of pyridine rings is 1. The molecule has 14 nitrogen and oxygen atoms in total. The van der Waals surface area contributed by atoms with Gasteiger partial charge in [-0.3, -0.25) is 19.7 Å². The number of Topliss-reactive ketones (excluding diaryl/α,β-unsaturated/α-hetero) is 1. The molecule has 6 heterocycles. The van der Waals surface area contributed by atoms with Crippen LogP contribution in [0.5, 0.6) is 0 Å². The Balaban J connectivity index is 1.30. The molecule has 2 atom stereocenters. The van der Waals surface area contributed by atoms with Gasteiger partial charge in [0.05, 0.1) is 23.1 Å². The van der Waals surface area contributed by atoms with Gasteiger partial charge in [-0.2, -0.15) is 14.7 Å². The summed E-state index contributed by atoms with van der Waals surface area (Å²) in [5.74, 6) is -0.132. The standard InChI is InChI=1S/C26H26N10O4/c1-13-7-16(35(10-13)25(38)23-29-12-30-34-23)4-6-19-21(14(2)37)22(27)36-24(32-19)17(9-31-36)15-3-5-18(28-8-15)20-11-40-26(39)33-20/h3,5,8-10,12,16,20H,4,6-7,11,27H2,1-2H3,(H,33,39)(H,29,30,34)/t16-,20-/m0/s1. The first-order chi connectivity index (χ1) is 19.3. The lowest BCUT2D eigenvalue weighted by molar-refractivity contribution is 0.0767. The van der Waals surface area contributed by atoms with Gasteiger partial charge < -0.3 is 20.7 Å². The second kappa shape index (κ2) is 9.87. The van der Waals surface area contributed by atoms with Gasteiger partial charge in [0.25, 0.3) is 5.91 Å². The van der Waals surface area contributed by atoms with Crippen LogP contribution in [0.3, 0.4) is 0 Å². The van der Waals surface area contributed by atoms with Gasteiger partial charge in [0, 0.05) is 29.6 Å². The minimum Gasteiger partial charge on any atom is -0.447 e. The molecule has 4 N–H and O–H groups in total. The Morgan fingerprint density at radius 1 is 1.23 bits per heavy atom. The Kier molecular flexibility index (Phi) is 6.21. The molecule has 2 aliphatic rings. The summed E-state index contributed by atoms with van der Waals surface area (Å²) >= 11 is 0. The van der Waals surface area contributed by atoms with Crippen molar-refractivity contribution >= 4 is 29.2 Å². The number of nitrogen functional groups attached to an aromatic ring is 1. The van der Waals surface area contributed by atoms with Gasteiger partial charge in [0.2, 0.25) is 5.82 Å². The number of rotatable bonds is 7. The van der Waals surface area contributed by atoms with E-state index in [0.29, 0.717) is 47.4 Å². The van der Waals surface area contributed by atoms with Crippen molar-refractivity contribution in [1.82, 2.24) is 45.0 Å². The number of carbonyl (C=O) groups excluding carboxylic acids is 3. The number of alkyl carbamates (subject to hydrolysis) is 1. The maximum absolute atomic E-state index is 13.0. The molecular weight excluding hydrogens is 516 g/mol. The van der Waals surface area contributed by atoms with Gasteiger partial charge in [0.15, 0.2) is 11.4 Å². The number of hydrogen-bond donors (Lipinski definition) is 3. The van der Waals surface area contributed by atoms with Crippen molar-refractivity contribution in [3.63, 3.8) is 0 Å². The summed E-state index contributed by atoms with van der Waals surface area (Å²) in [5.41, 5.74) is 10.9. The lowest BCUT2D eigenvalue weighted by Gasteiger charge is -2.23. The van der Waals surface area contributed by atoms with E-state index in [9.17, 15) is 14.4 Å². The zero-order chi connectivity index (χ0) is 28.0. The topological polar surface area (TPSA) is 186 Å². The lowest BCUT2D eigenvalue weighted by Crippen LogP contribution is -2.34. The number of ether oxygens (including phenoxy) is 1. The number of nitrogens with two attached hydrogens (primary N) is 1. The SMILES string of the molecule is CC(=O)c1c(CC[C@H]2CC(C)=CN2C(=O)c2ncn[nH]2)nc2c(-c3ccc([C@@H]4COC(=O)N4)nc3)cnn2c1N. The van der Waals surface area contributed by atoms with Crippen molar-refractivity contribution in [2.75, 3.05) is 12.3 Å². The summed E-state index contributed by atoms with van der Waals surface area (Å²) in [4.78, 5) is 52.0. The first-order valence-electron chi connectivity index (χ1n) is 12.7. The van der Waals surface area contributed by atoms with Gasteiger partial charge >= 0.3 is 6.09 Å². The molecule has 1 fully saturated rings. The number of carbonyl (C=O) groups is 3. The number of aromatic nitrogens is 7. The van der Waals surface area contributed by atoms with Crippen LogP contribution in [0.1, 0.15) is 65.1 Å². The molecule has 204 valence electrons. The van der Waals surface area contributed by atoms with Gasteiger partial charge in [-0.1, -0.05) is 11.6 Å². The van der Waals surface area contributed by atoms with Gasteiger partial charge in [0.1, 0.15) is 24.8 Å². The van der Waals surface area contributed by atoms with Crippen LogP contribution < -0.4 is 11.1 Å². The van der Waals surface area contributed by atoms with Crippen LogP contribution in [0.4, 0.5) is 10.6 Å². The quantitative estimate of drug-likeness (QED) is 0.292. The minimum absolute atomic E-state index is 0.141. The van der Waals surface area contributed by atoms with Gasteiger partial charge in [-0.05, 0) is 39.2 Å². The number of amides is 2. The zero-order valence-electron chi connectivity index (χ0n) is 21.8. The van der Waals surface area contributed by atoms with Gasteiger partial charge in [-0.25, -0.2) is 14.8 Å². The van der Waals surface area contributed by atoms with E-state index in [-0.39, 0.29) is 42.0 Å². The molecule has 0 bridgehead atoms. The molecule has 2 aliphatic heterocycles. The van der Waals surface area contributed by atoms with Crippen LogP contribution in [-0.4, -0.2) is 70.1 Å². The van der Waals surface area contributed by atoms with E-state index in [1.165, 1.54) is 17.8 Å². The maximum Gasteiger partial charge on any atom is 0.407 e. The summed E-state index contributed by atoms with van der Waals surface area (Å²) < 4.78 is 6.41. The van der Waals surface area contributed by atoms with E-state index in [1.807, 2.05) is 25.3 Å². The summed E-state index contributed by atoms with van der Waals surface area (Å²) in [6.07, 6.45) is 7.59. The highest BCUT2D eigenvalue weighted by atomic mass is 16.6. The first-order valence-corrected chi connectivity index (χ1v) is 12.7. The fourth-order valence-corrected chi connectivity index (χ4v) is 5.21. The Morgan fingerprint density at radius 2 is 2.08 bits per heavy atom. The van der Waals surface area contributed by atoms with Crippen molar-refractivity contribution in [3.8, 4) is 11.1 Å². The molecule has 4 aromatic rings.